The van der Waals surface area contributed by atoms with E-state index < -0.39 is 0 Å². The molecule has 2 aliphatic rings. The van der Waals surface area contributed by atoms with Crippen LogP contribution in [0.4, 0.5) is 16.2 Å². The topological polar surface area (TPSA) is 116 Å². The summed E-state index contributed by atoms with van der Waals surface area (Å²) in [5.41, 5.74) is 2.76. The standard InChI is InChI=1S/C28H43N7O4/c1-21-17-34(22(2)19-36)27(37)8-7-15-35-25(16-29-31-35)20-39-26(21)18-32(3)28(38)30-23-9-11-24(12-10-23)33-13-5-4-6-14-33/h9-12,16,21-22,26,36H,4-8,13-15,17-20H2,1-3H3,(H,30,38)/t21-,22-,26-/m1/s1. The van der Waals surface area contributed by atoms with Crippen molar-refractivity contribution in [3.8, 4) is 0 Å². The smallest absolute Gasteiger partial charge is 0.321 e. The van der Waals surface area contributed by atoms with Crippen molar-refractivity contribution in [2.24, 2.45) is 5.92 Å². The van der Waals surface area contributed by atoms with Crippen LogP contribution in [0.15, 0.2) is 30.5 Å². The van der Waals surface area contributed by atoms with Gasteiger partial charge in [-0.15, -0.1) is 5.10 Å². The Morgan fingerprint density at radius 2 is 1.92 bits per heavy atom. The highest BCUT2D eigenvalue weighted by Crippen LogP contribution is 2.23. The molecular weight excluding hydrogens is 498 g/mol. The molecule has 3 amide bonds. The lowest BCUT2D eigenvalue weighted by Gasteiger charge is -2.35. The number of ether oxygens (including phenoxy) is 1. The fourth-order valence-electron chi connectivity index (χ4n) is 5.23. The number of aryl methyl sites for hydroxylation is 1. The number of likely N-dealkylation sites (N-methyl/N-ethyl adjacent to an activating group) is 1. The molecule has 2 N–H and O–H groups in total. The van der Waals surface area contributed by atoms with Crippen molar-refractivity contribution in [1.29, 1.82) is 0 Å². The molecule has 3 heterocycles. The monoisotopic (exact) mass is 541 g/mol. The fourth-order valence-corrected chi connectivity index (χ4v) is 5.23. The lowest BCUT2D eigenvalue weighted by Crippen LogP contribution is -2.48. The van der Waals surface area contributed by atoms with Crippen LogP contribution < -0.4 is 10.2 Å². The van der Waals surface area contributed by atoms with Gasteiger partial charge in [0, 0.05) is 63.5 Å². The maximum atomic E-state index is 13.1. The van der Waals surface area contributed by atoms with Crippen LogP contribution in [0, 0.1) is 5.92 Å². The van der Waals surface area contributed by atoms with Crippen molar-refractivity contribution in [2.75, 3.05) is 50.1 Å². The molecule has 2 aromatic rings. The Hall–Kier alpha value is -3.18. The number of rotatable bonds is 6. The van der Waals surface area contributed by atoms with Crippen molar-refractivity contribution in [2.45, 2.75) is 71.2 Å². The highest BCUT2D eigenvalue weighted by molar-refractivity contribution is 5.89. The summed E-state index contributed by atoms with van der Waals surface area (Å²) in [7, 11) is 1.74. The van der Waals surface area contributed by atoms with Gasteiger partial charge in [-0.05, 0) is 56.9 Å². The summed E-state index contributed by atoms with van der Waals surface area (Å²) in [6.07, 6.45) is 6.04. The minimum Gasteiger partial charge on any atom is -0.394 e. The summed E-state index contributed by atoms with van der Waals surface area (Å²) in [4.78, 5) is 31.9. The number of carbonyl (C=O) groups excluding carboxylic acids is 2. The normalized spacial score (nSPS) is 21.9. The third kappa shape index (κ3) is 7.69. The predicted octanol–water partition coefficient (Wildman–Crippen LogP) is 2.96. The van der Waals surface area contributed by atoms with Crippen LogP contribution >= 0.6 is 0 Å². The molecule has 0 radical (unpaired) electrons. The van der Waals surface area contributed by atoms with E-state index in [1.807, 2.05) is 26.0 Å². The Bertz CT molecular complexity index is 1070. The zero-order chi connectivity index (χ0) is 27.8. The van der Waals surface area contributed by atoms with Crippen molar-refractivity contribution in [3.05, 3.63) is 36.2 Å². The van der Waals surface area contributed by atoms with Crippen LogP contribution in [0.25, 0.3) is 0 Å². The van der Waals surface area contributed by atoms with Crippen LogP contribution in [-0.2, 0) is 22.7 Å². The average Bonchev–Trinajstić information content (AvgIpc) is 3.40. The Morgan fingerprint density at radius 3 is 2.64 bits per heavy atom. The highest BCUT2D eigenvalue weighted by Gasteiger charge is 2.29. The van der Waals surface area contributed by atoms with Crippen LogP contribution in [0.3, 0.4) is 0 Å². The van der Waals surface area contributed by atoms with Gasteiger partial charge >= 0.3 is 6.03 Å². The molecule has 0 unspecified atom stereocenters. The van der Waals surface area contributed by atoms with E-state index in [9.17, 15) is 14.7 Å². The lowest BCUT2D eigenvalue weighted by atomic mass is 10.0. The largest absolute Gasteiger partial charge is 0.394 e. The van der Waals surface area contributed by atoms with Gasteiger partial charge < -0.3 is 29.9 Å². The van der Waals surface area contributed by atoms with Gasteiger partial charge in [0.25, 0.3) is 0 Å². The zero-order valence-corrected chi connectivity index (χ0v) is 23.5. The van der Waals surface area contributed by atoms with E-state index in [-0.39, 0.29) is 36.6 Å². The number of aromatic nitrogens is 3. The first-order valence-electron chi connectivity index (χ1n) is 14.1. The maximum absolute atomic E-state index is 13.1. The maximum Gasteiger partial charge on any atom is 0.321 e. The fraction of sp³-hybridized carbons (Fsp3) is 0.643. The van der Waals surface area contributed by atoms with Crippen LogP contribution in [0.2, 0.25) is 0 Å². The second-order valence-corrected chi connectivity index (χ2v) is 10.9. The first-order valence-corrected chi connectivity index (χ1v) is 14.1. The molecule has 214 valence electrons. The Labute approximate surface area is 231 Å². The van der Waals surface area contributed by atoms with Crippen LogP contribution in [-0.4, -0.2) is 93.8 Å². The minimum atomic E-state index is -0.355. The lowest BCUT2D eigenvalue weighted by molar-refractivity contribution is -0.136. The van der Waals surface area contributed by atoms with E-state index in [1.165, 1.54) is 24.9 Å². The molecule has 39 heavy (non-hydrogen) atoms. The number of carbonyl (C=O) groups is 2. The van der Waals surface area contributed by atoms with Gasteiger partial charge in [0.2, 0.25) is 5.91 Å². The Morgan fingerprint density at radius 1 is 1.18 bits per heavy atom. The van der Waals surface area contributed by atoms with Gasteiger partial charge in [-0.3, -0.25) is 4.79 Å². The van der Waals surface area contributed by atoms with E-state index in [0.29, 0.717) is 39.1 Å². The van der Waals surface area contributed by atoms with Gasteiger partial charge in [-0.2, -0.15) is 0 Å². The first-order chi connectivity index (χ1) is 18.9. The molecule has 2 aliphatic heterocycles. The highest BCUT2D eigenvalue weighted by atomic mass is 16.5. The second kappa shape index (κ2) is 13.7. The molecule has 11 nitrogen and oxygen atoms in total. The van der Waals surface area contributed by atoms with Crippen LogP contribution in [0.1, 0.15) is 51.6 Å². The predicted molar refractivity (Wildman–Crippen MR) is 149 cm³/mol. The molecule has 4 rings (SSSR count). The molecular formula is C28H43N7O4. The molecule has 1 saturated heterocycles. The number of benzene rings is 1. The minimum absolute atomic E-state index is 0.0107. The summed E-state index contributed by atoms with van der Waals surface area (Å²) >= 11 is 0. The number of piperidine rings is 1. The molecule has 0 bridgehead atoms. The number of fused-ring (bicyclic) bond motifs is 1. The Balaban J connectivity index is 1.43. The number of nitrogens with one attached hydrogen (secondary N) is 1. The third-order valence-electron chi connectivity index (χ3n) is 7.78. The summed E-state index contributed by atoms with van der Waals surface area (Å²) < 4.78 is 8.10. The second-order valence-electron chi connectivity index (χ2n) is 10.9. The molecule has 1 aromatic carbocycles. The molecule has 1 aromatic heterocycles. The van der Waals surface area contributed by atoms with E-state index in [1.54, 1.807) is 27.7 Å². The summed E-state index contributed by atoms with van der Waals surface area (Å²) in [6.45, 7) is 7.52. The quantitative estimate of drug-likeness (QED) is 0.578. The molecule has 0 saturated carbocycles. The summed E-state index contributed by atoms with van der Waals surface area (Å²) in [5.74, 6) is -0.103. The molecule has 11 heteroatoms. The number of urea groups is 1. The average molecular weight is 542 g/mol. The first kappa shape index (κ1) is 28.8. The van der Waals surface area contributed by atoms with E-state index in [0.717, 1.165) is 24.5 Å². The molecule has 1 fully saturated rings. The number of anilines is 2. The van der Waals surface area contributed by atoms with Crippen molar-refractivity contribution >= 4 is 23.3 Å². The van der Waals surface area contributed by atoms with Gasteiger partial charge in [-0.25, -0.2) is 9.48 Å². The van der Waals surface area contributed by atoms with Gasteiger partial charge in [0.05, 0.1) is 37.3 Å². The van der Waals surface area contributed by atoms with Crippen molar-refractivity contribution in [1.82, 2.24) is 24.8 Å². The van der Waals surface area contributed by atoms with Crippen molar-refractivity contribution < 1.29 is 19.4 Å². The number of aliphatic hydroxyl groups is 1. The summed E-state index contributed by atoms with van der Waals surface area (Å²) in [5, 5.41) is 20.9. The summed E-state index contributed by atoms with van der Waals surface area (Å²) in [6, 6.07) is 7.47. The number of aliphatic hydroxyl groups excluding tert-OH is 1. The van der Waals surface area contributed by atoms with Gasteiger partial charge in [0.15, 0.2) is 0 Å². The van der Waals surface area contributed by atoms with Gasteiger partial charge in [-0.1, -0.05) is 12.1 Å². The number of nitrogens with zero attached hydrogens (tertiary/aromatic N) is 6. The Kier molecular flexibility index (Phi) is 10.2. The number of amides is 3. The molecule has 0 aliphatic carbocycles. The SMILES string of the molecule is C[C@@H]1CN([C@H](C)CO)C(=O)CCCn2nncc2CO[C@@H]1CN(C)C(=O)Nc1ccc(N2CCCCC2)cc1. The van der Waals surface area contributed by atoms with Crippen molar-refractivity contribution in [3.63, 3.8) is 0 Å². The van der Waals surface area contributed by atoms with E-state index in [2.05, 4.69) is 32.7 Å². The van der Waals surface area contributed by atoms with Crippen LogP contribution in [0.5, 0.6) is 0 Å². The molecule has 0 spiro atoms. The molecule has 3 atom stereocenters. The van der Waals surface area contributed by atoms with E-state index in [4.69, 9.17) is 4.74 Å². The number of hydrogen-bond acceptors (Lipinski definition) is 7. The van der Waals surface area contributed by atoms with E-state index >= 15 is 0 Å². The van der Waals surface area contributed by atoms with Gasteiger partial charge in [0.1, 0.15) is 0 Å². The zero-order valence-electron chi connectivity index (χ0n) is 23.5. The third-order valence-corrected chi connectivity index (χ3v) is 7.78. The number of hydrogen-bond donors (Lipinski definition) is 2.